The van der Waals surface area contributed by atoms with Gasteiger partial charge in [-0.3, -0.25) is 14.4 Å². The van der Waals surface area contributed by atoms with Gasteiger partial charge in [0.05, 0.1) is 17.5 Å². The molecule has 0 spiro atoms. The van der Waals surface area contributed by atoms with Crippen molar-refractivity contribution in [2.75, 3.05) is 35.9 Å². The van der Waals surface area contributed by atoms with Crippen LogP contribution in [0.3, 0.4) is 0 Å². The molecule has 0 unspecified atom stereocenters. The van der Waals surface area contributed by atoms with Crippen molar-refractivity contribution in [3.63, 3.8) is 0 Å². The van der Waals surface area contributed by atoms with E-state index in [4.69, 9.17) is 10.5 Å². The van der Waals surface area contributed by atoms with E-state index in [9.17, 15) is 26.8 Å². The van der Waals surface area contributed by atoms with E-state index in [2.05, 4.69) is 19.9 Å². The summed E-state index contributed by atoms with van der Waals surface area (Å²) in [6.45, 7) is 6.57. The van der Waals surface area contributed by atoms with Crippen LogP contribution in [-0.2, 0) is 16.6 Å². The number of likely N-dealkylation sites (tertiary alicyclic amines) is 1. The molecule has 4 rings (SSSR count). The van der Waals surface area contributed by atoms with Crippen LogP contribution in [0, 0.1) is 18.6 Å². The number of hydrogen-bond donors (Lipinski definition) is 3. The second-order valence-corrected chi connectivity index (χ2v) is 12.9. The van der Waals surface area contributed by atoms with Crippen molar-refractivity contribution >= 4 is 33.3 Å². The van der Waals surface area contributed by atoms with Crippen LogP contribution in [0.1, 0.15) is 54.1 Å². The molecule has 0 saturated carbocycles. The van der Waals surface area contributed by atoms with Gasteiger partial charge in [0.2, 0.25) is 15.9 Å². The number of unbranched alkanes of at least 4 members (excludes halogenated alkanes) is 1. The Balaban J connectivity index is 1.35. The number of pyridine rings is 1. The Hall–Kier alpha value is -4.30. The average molecular weight is 645 g/mol. The van der Waals surface area contributed by atoms with Gasteiger partial charge in [0.25, 0.3) is 5.91 Å². The van der Waals surface area contributed by atoms with Gasteiger partial charge in [0.15, 0.2) is 0 Å². The molecule has 242 valence electrons. The first-order chi connectivity index (χ1) is 21.3. The lowest BCUT2D eigenvalue weighted by molar-refractivity contribution is 0.0996. The van der Waals surface area contributed by atoms with E-state index in [-0.39, 0.29) is 11.7 Å². The molecule has 1 aliphatic heterocycles. The van der Waals surface area contributed by atoms with Crippen molar-refractivity contribution in [1.29, 1.82) is 0 Å². The predicted octanol–water partition coefficient (Wildman–Crippen LogP) is 5.23. The lowest BCUT2D eigenvalue weighted by atomic mass is 10.0. The van der Waals surface area contributed by atoms with Crippen molar-refractivity contribution in [3.05, 3.63) is 77.0 Å². The number of benzene rings is 2. The van der Waals surface area contributed by atoms with E-state index >= 15 is 0 Å². The number of halogens is 2. The Morgan fingerprint density at radius 3 is 2.40 bits per heavy atom. The summed E-state index contributed by atoms with van der Waals surface area (Å²) in [5.74, 6) is -2.20. The molecule has 3 aromatic rings. The Morgan fingerprint density at radius 2 is 1.80 bits per heavy atom. The fourth-order valence-electron chi connectivity index (χ4n) is 5.13. The van der Waals surface area contributed by atoms with Gasteiger partial charge >= 0.3 is 6.03 Å². The molecule has 2 aromatic carbocycles. The van der Waals surface area contributed by atoms with Gasteiger partial charge in [-0.2, -0.15) is 0 Å². The van der Waals surface area contributed by atoms with Crippen molar-refractivity contribution in [2.45, 2.75) is 52.1 Å². The summed E-state index contributed by atoms with van der Waals surface area (Å²) >= 11 is 0. The van der Waals surface area contributed by atoms with Crippen LogP contribution in [0.2, 0.25) is 0 Å². The zero-order chi connectivity index (χ0) is 32.7. The zero-order valence-corrected chi connectivity index (χ0v) is 26.3. The molecule has 0 atom stereocenters. The lowest BCUT2D eigenvalue weighted by Crippen LogP contribution is -2.49. The van der Waals surface area contributed by atoms with Gasteiger partial charge in [-0.05, 0) is 67.6 Å². The van der Waals surface area contributed by atoms with Crippen molar-refractivity contribution < 1.29 is 31.5 Å². The Morgan fingerprint density at radius 1 is 1.11 bits per heavy atom. The minimum absolute atomic E-state index is 0.0825. The molecule has 3 amide bonds. The summed E-state index contributed by atoms with van der Waals surface area (Å²) in [6.07, 6.45) is 5.87. The molecular formula is C31H38F2N6O5S. The van der Waals surface area contributed by atoms with E-state index in [1.54, 1.807) is 35.4 Å². The highest BCUT2D eigenvalue weighted by Crippen LogP contribution is 2.26. The fraction of sp³-hybridized carbons (Fsp3) is 0.387. The number of primary amides is 1. The van der Waals surface area contributed by atoms with Crippen LogP contribution >= 0.6 is 0 Å². The number of piperidine rings is 1. The molecule has 1 saturated heterocycles. The Kier molecular flexibility index (Phi) is 10.9. The van der Waals surface area contributed by atoms with E-state index in [1.807, 2.05) is 19.9 Å². The van der Waals surface area contributed by atoms with Crippen LogP contribution in [0.4, 0.5) is 25.0 Å². The van der Waals surface area contributed by atoms with Crippen LogP contribution < -0.4 is 20.5 Å². The number of anilines is 2. The third-order valence-electron chi connectivity index (χ3n) is 7.54. The number of carbonyl (C=O) groups excluding carboxylic acids is 2. The number of amides is 3. The second kappa shape index (κ2) is 14.7. The number of urea groups is 1. The zero-order valence-electron chi connectivity index (χ0n) is 25.5. The number of carbonyl (C=O) groups is 2. The minimum Gasteiger partial charge on any atom is -0.439 e. The summed E-state index contributed by atoms with van der Waals surface area (Å²) in [6, 6.07) is 9.24. The quantitative estimate of drug-likeness (QED) is 0.245. The number of nitrogens with one attached hydrogen (secondary N) is 2. The first-order valence-electron chi connectivity index (χ1n) is 14.6. The predicted molar refractivity (Wildman–Crippen MR) is 168 cm³/mol. The van der Waals surface area contributed by atoms with Gasteiger partial charge < -0.3 is 20.7 Å². The number of nitrogens with two attached hydrogens (primary N) is 1. The molecule has 0 radical (unpaired) electrons. The largest absolute Gasteiger partial charge is 0.439 e. The second-order valence-electron chi connectivity index (χ2n) is 11.1. The van der Waals surface area contributed by atoms with Crippen LogP contribution in [0.25, 0.3) is 0 Å². The molecule has 1 aliphatic rings. The lowest BCUT2D eigenvalue weighted by Gasteiger charge is -2.38. The van der Waals surface area contributed by atoms with Gasteiger partial charge in [-0.25, -0.2) is 27.0 Å². The van der Waals surface area contributed by atoms with E-state index in [0.717, 1.165) is 49.4 Å². The van der Waals surface area contributed by atoms with Crippen LogP contribution in [0.5, 0.6) is 11.6 Å². The maximum absolute atomic E-state index is 14.4. The van der Waals surface area contributed by atoms with E-state index in [0.29, 0.717) is 49.3 Å². The monoisotopic (exact) mass is 644 g/mol. The van der Waals surface area contributed by atoms with E-state index < -0.39 is 39.2 Å². The average Bonchev–Trinajstić information content (AvgIpc) is 2.97. The maximum atomic E-state index is 14.4. The van der Waals surface area contributed by atoms with Crippen molar-refractivity contribution in [1.82, 2.24) is 14.8 Å². The van der Waals surface area contributed by atoms with E-state index in [1.165, 1.54) is 0 Å². The third kappa shape index (κ3) is 9.35. The summed E-state index contributed by atoms with van der Waals surface area (Å²) < 4.78 is 59.4. The number of ether oxygens (including phenoxy) is 1. The molecule has 0 bridgehead atoms. The highest BCUT2D eigenvalue weighted by Gasteiger charge is 2.29. The smallest absolute Gasteiger partial charge is 0.322 e. The first-order valence-corrected chi connectivity index (χ1v) is 16.5. The number of rotatable bonds is 12. The Labute approximate surface area is 261 Å². The fourth-order valence-corrected chi connectivity index (χ4v) is 5.70. The number of aromatic nitrogens is 1. The van der Waals surface area contributed by atoms with Gasteiger partial charge in [-0.1, -0.05) is 13.3 Å². The van der Waals surface area contributed by atoms with Crippen LogP contribution in [0.15, 0.2) is 48.7 Å². The minimum atomic E-state index is -3.37. The normalized spacial score (nSPS) is 14.2. The van der Waals surface area contributed by atoms with Crippen LogP contribution in [-0.4, -0.2) is 67.1 Å². The first kappa shape index (κ1) is 33.6. The summed E-state index contributed by atoms with van der Waals surface area (Å²) in [7, 11) is -3.37. The molecule has 1 aromatic heterocycles. The molecule has 11 nitrogen and oxygen atoms in total. The molecule has 1 fully saturated rings. The molecule has 2 heterocycles. The summed E-state index contributed by atoms with van der Waals surface area (Å²) in [5.41, 5.74) is 6.85. The standard InChI is InChI=1S/C31H38F2N6O5S/c1-4-5-12-39(31(41)36-28-16-25(30(34)40)26(32)17-27(28)33)23-10-13-38(14-11-23)19-21-18-35-29(15-20(21)2)44-24-8-6-22(7-9-24)37-45(3,42)43/h6-9,15-18,23,37H,4-5,10-14,19H2,1-3H3,(H2,34,40)(H,36,41). The van der Waals surface area contributed by atoms with Crippen molar-refractivity contribution in [3.8, 4) is 11.6 Å². The number of sulfonamides is 1. The summed E-state index contributed by atoms with van der Waals surface area (Å²) in [5, 5.41) is 2.51. The SMILES string of the molecule is CCCCN(C(=O)Nc1cc(C(N)=O)c(F)cc1F)C1CCN(Cc2cnc(Oc3ccc(NS(C)(=O)=O)cc3)cc2C)CC1. The number of aryl methyl sites for hydroxylation is 1. The molecular weight excluding hydrogens is 606 g/mol. The molecule has 14 heteroatoms. The third-order valence-corrected chi connectivity index (χ3v) is 8.15. The van der Waals surface area contributed by atoms with Gasteiger partial charge in [0.1, 0.15) is 17.4 Å². The Bertz CT molecular complexity index is 1630. The van der Waals surface area contributed by atoms with Gasteiger partial charge in [0, 0.05) is 56.2 Å². The summed E-state index contributed by atoms with van der Waals surface area (Å²) in [4.78, 5) is 33.2. The van der Waals surface area contributed by atoms with Gasteiger partial charge in [-0.15, -0.1) is 0 Å². The molecule has 45 heavy (non-hydrogen) atoms. The molecule has 4 N–H and O–H groups in total. The highest BCUT2D eigenvalue weighted by atomic mass is 32.2. The highest BCUT2D eigenvalue weighted by molar-refractivity contribution is 7.92. The maximum Gasteiger partial charge on any atom is 0.322 e. The number of hydrogen-bond acceptors (Lipinski definition) is 7. The number of nitrogens with zero attached hydrogens (tertiary/aromatic N) is 3. The van der Waals surface area contributed by atoms with Crippen molar-refractivity contribution in [2.24, 2.45) is 5.73 Å². The topological polar surface area (TPSA) is 147 Å². The molecule has 0 aliphatic carbocycles.